The van der Waals surface area contributed by atoms with E-state index in [1.807, 2.05) is 6.08 Å². The van der Waals surface area contributed by atoms with Crippen LogP contribution in [0.15, 0.2) is 12.7 Å². The van der Waals surface area contributed by atoms with Crippen molar-refractivity contribution in [2.24, 2.45) is 5.73 Å². The van der Waals surface area contributed by atoms with E-state index in [2.05, 4.69) is 39.2 Å². The highest BCUT2D eigenvalue weighted by molar-refractivity contribution is 4.79. The predicted octanol–water partition coefficient (Wildman–Crippen LogP) is 2.01. The second-order valence-corrected chi connectivity index (χ2v) is 4.62. The van der Waals surface area contributed by atoms with E-state index in [-0.39, 0.29) is 5.54 Å². The van der Waals surface area contributed by atoms with Crippen molar-refractivity contribution in [1.29, 1.82) is 0 Å². The molecule has 0 radical (unpaired) electrons. The van der Waals surface area contributed by atoms with Crippen LogP contribution in [0.25, 0.3) is 0 Å². The largest absolute Gasteiger partial charge is 0.326 e. The van der Waals surface area contributed by atoms with Crippen LogP contribution in [-0.2, 0) is 0 Å². The summed E-state index contributed by atoms with van der Waals surface area (Å²) in [6, 6.07) is 0.570. The Labute approximate surface area is 82.8 Å². The molecular formula is C11H24N2. The van der Waals surface area contributed by atoms with E-state index < -0.39 is 0 Å². The number of nitrogens with two attached hydrogens (primary N) is 1. The van der Waals surface area contributed by atoms with Crippen LogP contribution in [0, 0.1) is 0 Å². The first-order valence-electron chi connectivity index (χ1n) is 5.00. The Morgan fingerprint density at radius 3 is 2.31 bits per heavy atom. The second-order valence-electron chi connectivity index (χ2n) is 4.62. The van der Waals surface area contributed by atoms with E-state index in [1.165, 1.54) is 0 Å². The molecule has 0 amide bonds. The van der Waals surface area contributed by atoms with Crippen LogP contribution in [0.2, 0.25) is 0 Å². The van der Waals surface area contributed by atoms with E-state index in [9.17, 15) is 0 Å². The molecule has 0 rings (SSSR count). The molecule has 0 aromatic heterocycles. The van der Waals surface area contributed by atoms with E-state index >= 15 is 0 Å². The number of hydrogen-bond acceptors (Lipinski definition) is 2. The maximum Gasteiger partial charge on any atom is 0.0163 e. The third-order valence-electron chi connectivity index (χ3n) is 2.14. The fourth-order valence-corrected chi connectivity index (χ4v) is 1.16. The molecule has 0 unspecified atom stereocenters. The van der Waals surface area contributed by atoms with Crippen LogP contribution in [-0.4, -0.2) is 29.6 Å². The summed E-state index contributed by atoms with van der Waals surface area (Å²) in [5.41, 5.74) is 5.87. The Morgan fingerprint density at radius 2 is 2.00 bits per heavy atom. The molecule has 0 saturated carbocycles. The van der Waals surface area contributed by atoms with Crippen LogP contribution >= 0.6 is 0 Å². The zero-order valence-electron chi connectivity index (χ0n) is 9.51. The molecule has 0 bridgehead atoms. The van der Waals surface area contributed by atoms with Gasteiger partial charge in [-0.3, -0.25) is 4.90 Å². The summed E-state index contributed by atoms with van der Waals surface area (Å²) in [5.74, 6) is 0. The van der Waals surface area contributed by atoms with Gasteiger partial charge in [-0.05, 0) is 34.1 Å². The Bertz CT molecular complexity index is 145. The minimum Gasteiger partial charge on any atom is -0.326 e. The fourth-order valence-electron chi connectivity index (χ4n) is 1.16. The second kappa shape index (κ2) is 5.40. The molecular weight excluding hydrogens is 160 g/mol. The third-order valence-corrected chi connectivity index (χ3v) is 2.14. The normalized spacial score (nSPS) is 12.5. The van der Waals surface area contributed by atoms with Gasteiger partial charge in [-0.15, -0.1) is 6.58 Å². The Balaban J connectivity index is 3.89. The van der Waals surface area contributed by atoms with Gasteiger partial charge in [-0.1, -0.05) is 6.08 Å². The van der Waals surface area contributed by atoms with Crippen LogP contribution in [0.4, 0.5) is 0 Å². The molecule has 0 aliphatic heterocycles. The number of hydrogen-bond donors (Lipinski definition) is 1. The SMILES string of the molecule is C=CCN(CCC(C)(C)N)C(C)C. The molecule has 0 saturated heterocycles. The summed E-state index contributed by atoms with van der Waals surface area (Å²) < 4.78 is 0. The maximum absolute atomic E-state index is 5.93. The molecule has 2 heteroatoms. The molecule has 0 aliphatic carbocycles. The fraction of sp³-hybridized carbons (Fsp3) is 0.818. The molecule has 0 heterocycles. The van der Waals surface area contributed by atoms with Gasteiger partial charge in [0, 0.05) is 24.7 Å². The average Bonchev–Trinajstić information content (AvgIpc) is 1.95. The van der Waals surface area contributed by atoms with Crippen LogP contribution in [0.1, 0.15) is 34.1 Å². The van der Waals surface area contributed by atoms with Crippen LogP contribution in [0.5, 0.6) is 0 Å². The third kappa shape index (κ3) is 6.79. The van der Waals surface area contributed by atoms with Crippen molar-refractivity contribution in [1.82, 2.24) is 4.90 Å². The number of rotatable bonds is 6. The molecule has 0 aliphatic rings. The first-order valence-corrected chi connectivity index (χ1v) is 5.00. The van der Waals surface area contributed by atoms with Crippen molar-refractivity contribution in [2.75, 3.05) is 13.1 Å². The maximum atomic E-state index is 5.93. The lowest BCUT2D eigenvalue weighted by atomic mass is 10.0. The van der Waals surface area contributed by atoms with E-state index in [4.69, 9.17) is 5.73 Å². The Kier molecular flexibility index (Phi) is 5.26. The molecule has 2 N–H and O–H groups in total. The van der Waals surface area contributed by atoms with Crippen molar-refractivity contribution < 1.29 is 0 Å². The summed E-state index contributed by atoms with van der Waals surface area (Å²) in [6.07, 6.45) is 2.97. The monoisotopic (exact) mass is 184 g/mol. The molecule has 13 heavy (non-hydrogen) atoms. The zero-order chi connectivity index (χ0) is 10.5. The molecule has 0 spiro atoms. The Hall–Kier alpha value is -0.340. The van der Waals surface area contributed by atoms with Crippen LogP contribution in [0.3, 0.4) is 0 Å². The van der Waals surface area contributed by atoms with Gasteiger partial charge in [-0.25, -0.2) is 0 Å². The smallest absolute Gasteiger partial charge is 0.0163 e. The minimum atomic E-state index is -0.0612. The van der Waals surface area contributed by atoms with Gasteiger partial charge in [0.25, 0.3) is 0 Å². The quantitative estimate of drug-likeness (QED) is 0.640. The van der Waals surface area contributed by atoms with E-state index in [1.54, 1.807) is 0 Å². The van der Waals surface area contributed by atoms with Gasteiger partial charge in [0.15, 0.2) is 0 Å². The first kappa shape index (κ1) is 12.7. The van der Waals surface area contributed by atoms with E-state index in [0.29, 0.717) is 6.04 Å². The minimum absolute atomic E-state index is 0.0612. The molecule has 0 fully saturated rings. The van der Waals surface area contributed by atoms with Crippen LogP contribution < -0.4 is 5.73 Å². The van der Waals surface area contributed by atoms with Crippen molar-refractivity contribution in [3.8, 4) is 0 Å². The van der Waals surface area contributed by atoms with Gasteiger partial charge in [-0.2, -0.15) is 0 Å². The highest BCUT2D eigenvalue weighted by Gasteiger charge is 2.14. The van der Waals surface area contributed by atoms with Gasteiger partial charge >= 0.3 is 0 Å². The summed E-state index contributed by atoms with van der Waals surface area (Å²) in [7, 11) is 0. The highest BCUT2D eigenvalue weighted by Crippen LogP contribution is 2.07. The summed E-state index contributed by atoms with van der Waals surface area (Å²) in [5, 5.41) is 0. The van der Waals surface area contributed by atoms with Crippen molar-refractivity contribution in [2.45, 2.75) is 45.7 Å². The molecule has 78 valence electrons. The zero-order valence-corrected chi connectivity index (χ0v) is 9.51. The molecule has 0 aromatic carbocycles. The topological polar surface area (TPSA) is 29.3 Å². The van der Waals surface area contributed by atoms with Gasteiger partial charge in [0.2, 0.25) is 0 Å². The summed E-state index contributed by atoms with van der Waals surface area (Å²) >= 11 is 0. The summed E-state index contributed by atoms with van der Waals surface area (Å²) in [6.45, 7) is 14.3. The lowest BCUT2D eigenvalue weighted by Gasteiger charge is -2.28. The lowest BCUT2D eigenvalue weighted by Crippen LogP contribution is -2.39. The predicted molar refractivity (Wildman–Crippen MR) is 59.8 cm³/mol. The standard InChI is InChI=1S/C11H24N2/c1-6-8-13(10(2)3)9-7-11(4,5)12/h6,10H,1,7-9,12H2,2-5H3. The number of nitrogens with zero attached hydrogens (tertiary/aromatic N) is 1. The van der Waals surface area contributed by atoms with Gasteiger partial charge in [0.1, 0.15) is 0 Å². The Morgan fingerprint density at radius 1 is 1.46 bits per heavy atom. The molecule has 0 atom stereocenters. The molecule has 0 aromatic rings. The highest BCUT2D eigenvalue weighted by atomic mass is 15.1. The van der Waals surface area contributed by atoms with Gasteiger partial charge in [0.05, 0.1) is 0 Å². The van der Waals surface area contributed by atoms with E-state index in [0.717, 1.165) is 19.5 Å². The van der Waals surface area contributed by atoms with Crippen molar-refractivity contribution >= 4 is 0 Å². The van der Waals surface area contributed by atoms with Crippen molar-refractivity contribution in [3.63, 3.8) is 0 Å². The van der Waals surface area contributed by atoms with Crippen molar-refractivity contribution in [3.05, 3.63) is 12.7 Å². The average molecular weight is 184 g/mol. The lowest BCUT2D eigenvalue weighted by molar-refractivity contribution is 0.224. The first-order chi connectivity index (χ1) is 5.87. The van der Waals surface area contributed by atoms with Gasteiger partial charge < -0.3 is 5.73 Å². The summed E-state index contributed by atoms with van der Waals surface area (Å²) in [4.78, 5) is 2.38. The molecule has 2 nitrogen and oxygen atoms in total.